The van der Waals surface area contributed by atoms with Gasteiger partial charge in [-0.2, -0.15) is 0 Å². The van der Waals surface area contributed by atoms with Gasteiger partial charge < -0.3 is 47.4 Å². The average molecular weight is 350 g/mol. The summed E-state index contributed by atoms with van der Waals surface area (Å²) in [5, 5.41) is 17.3. The Morgan fingerprint density at radius 3 is 0.833 bits per heavy atom. The van der Waals surface area contributed by atoms with E-state index in [0.717, 1.165) is 0 Å². The van der Waals surface area contributed by atoms with Crippen LogP contribution in [0.15, 0.2) is 60.7 Å². The SMILES string of the molecule is Oc1ccccc1.Oc1ccccc1.[Cl-].[Cl-].[Cl-].[Fe+3]. The van der Waals surface area contributed by atoms with E-state index in [1.54, 1.807) is 48.5 Å². The van der Waals surface area contributed by atoms with Gasteiger partial charge in [0, 0.05) is 0 Å². The van der Waals surface area contributed by atoms with Crippen molar-refractivity contribution in [3.05, 3.63) is 60.7 Å². The first-order chi connectivity index (χ1) is 6.79. The number of para-hydroxylation sites is 2. The topological polar surface area (TPSA) is 40.5 Å². The molecule has 1 radical (unpaired) electrons. The standard InChI is InChI=1S/2C6H6O.3ClH.Fe/c2*7-6-4-2-1-3-5-6;;;;/h2*1-5,7H;3*1H;/q;;;;;+3/p-3. The molecule has 0 aliphatic rings. The fourth-order valence-corrected chi connectivity index (χ4v) is 0.856. The van der Waals surface area contributed by atoms with Crippen LogP contribution in [-0.2, 0) is 17.1 Å². The Labute approximate surface area is 136 Å². The number of phenols is 2. The third kappa shape index (κ3) is 13.5. The van der Waals surface area contributed by atoms with Gasteiger partial charge in [0.1, 0.15) is 11.5 Å². The van der Waals surface area contributed by atoms with Crippen LogP contribution in [-0.4, -0.2) is 10.2 Å². The zero-order valence-corrected chi connectivity index (χ0v) is 12.5. The molecule has 2 rings (SSSR count). The third-order valence-electron chi connectivity index (χ3n) is 1.51. The quantitative estimate of drug-likeness (QED) is 0.464. The second kappa shape index (κ2) is 16.4. The van der Waals surface area contributed by atoms with Crippen LogP contribution in [0.5, 0.6) is 11.5 Å². The van der Waals surface area contributed by atoms with Gasteiger partial charge >= 0.3 is 17.1 Å². The first kappa shape index (κ1) is 26.1. The largest absolute Gasteiger partial charge is 3.00 e. The van der Waals surface area contributed by atoms with E-state index < -0.39 is 0 Å². The molecule has 0 amide bonds. The van der Waals surface area contributed by atoms with Gasteiger partial charge in [-0.25, -0.2) is 0 Å². The van der Waals surface area contributed by atoms with Crippen LogP contribution in [0.3, 0.4) is 0 Å². The second-order valence-electron chi connectivity index (χ2n) is 2.67. The van der Waals surface area contributed by atoms with Crippen LogP contribution >= 0.6 is 0 Å². The third-order valence-corrected chi connectivity index (χ3v) is 1.51. The molecule has 0 saturated heterocycles. The maximum Gasteiger partial charge on any atom is 3.00 e. The van der Waals surface area contributed by atoms with Crippen molar-refractivity contribution < 1.29 is 64.5 Å². The Kier molecular flexibility index (Phi) is 23.8. The molecule has 0 aromatic heterocycles. The van der Waals surface area contributed by atoms with Crippen molar-refractivity contribution in [2.45, 2.75) is 0 Å². The molecular weight excluding hydrogens is 338 g/mol. The van der Waals surface area contributed by atoms with Crippen molar-refractivity contribution in [3.63, 3.8) is 0 Å². The van der Waals surface area contributed by atoms with Crippen LogP contribution in [0.25, 0.3) is 0 Å². The van der Waals surface area contributed by atoms with Gasteiger partial charge in [-0.3, -0.25) is 0 Å². The Morgan fingerprint density at radius 2 is 0.722 bits per heavy atom. The summed E-state index contributed by atoms with van der Waals surface area (Å²) in [5.74, 6) is 0.644. The van der Waals surface area contributed by atoms with Crippen LogP contribution in [0.1, 0.15) is 0 Å². The normalized spacial score (nSPS) is 6.67. The van der Waals surface area contributed by atoms with Crippen molar-refractivity contribution in [1.82, 2.24) is 0 Å². The zero-order chi connectivity index (χ0) is 10.2. The van der Waals surface area contributed by atoms with Gasteiger partial charge in [0.05, 0.1) is 0 Å². The average Bonchev–Trinajstić information content (AvgIpc) is 2.21. The molecular formula is C12H12Cl3FeO2. The summed E-state index contributed by atoms with van der Waals surface area (Å²) in [4.78, 5) is 0. The zero-order valence-electron chi connectivity index (χ0n) is 9.16. The monoisotopic (exact) mass is 349 g/mol. The predicted molar refractivity (Wildman–Crippen MR) is 56.2 cm³/mol. The summed E-state index contributed by atoms with van der Waals surface area (Å²) in [6.07, 6.45) is 0. The summed E-state index contributed by atoms with van der Waals surface area (Å²) >= 11 is 0. The number of hydrogen-bond donors (Lipinski definition) is 2. The van der Waals surface area contributed by atoms with Gasteiger partial charge in [0.15, 0.2) is 0 Å². The smallest absolute Gasteiger partial charge is 1.00 e. The van der Waals surface area contributed by atoms with Crippen LogP contribution < -0.4 is 37.2 Å². The summed E-state index contributed by atoms with van der Waals surface area (Å²) in [7, 11) is 0. The molecule has 0 unspecified atom stereocenters. The van der Waals surface area contributed by atoms with Crippen molar-refractivity contribution in [2.75, 3.05) is 0 Å². The minimum atomic E-state index is 0. The maximum absolute atomic E-state index is 8.63. The number of aromatic hydroxyl groups is 2. The number of phenolic OH excluding ortho intramolecular Hbond substituents is 2. The maximum atomic E-state index is 8.63. The molecule has 2 nitrogen and oxygen atoms in total. The minimum Gasteiger partial charge on any atom is -1.00 e. The van der Waals surface area contributed by atoms with Gasteiger partial charge in [0.2, 0.25) is 0 Å². The van der Waals surface area contributed by atoms with E-state index in [2.05, 4.69) is 0 Å². The van der Waals surface area contributed by atoms with Crippen molar-refractivity contribution in [1.29, 1.82) is 0 Å². The fourth-order valence-electron chi connectivity index (χ4n) is 0.856. The summed E-state index contributed by atoms with van der Waals surface area (Å²) in [6, 6.07) is 17.4. The molecule has 2 aromatic carbocycles. The van der Waals surface area contributed by atoms with Crippen molar-refractivity contribution in [3.8, 4) is 11.5 Å². The summed E-state index contributed by atoms with van der Waals surface area (Å²) < 4.78 is 0. The van der Waals surface area contributed by atoms with Crippen molar-refractivity contribution >= 4 is 0 Å². The van der Waals surface area contributed by atoms with E-state index in [0.29, 0.717) is 11.5 Å². The van der Waals surface area contributed by atoms with E-state index >= 15 is 0 Å². The molecule has 0 heterocycles. The summed E-state index contributed by atoms with van der Waals surface area (Å²) in [6.45, 7) is 0. The van der Waals surface area contributed by atoms with Gasteiger partial charge in [0.25, 0.3) is 0 Å². The van der Waals surface area contributed by atoms with Gasteiger partial charge in [-0.1, -0.05) is 36.4 Å². The minimum absolute atomic E-state index is 0. The fraction of sp³-hybridized carbons (Fsp3) is 0. The van der Waals surface area contributed by atoms with Crippen LogP contribution in [0.2, 0.25) is 0 Å². The van der Waals surface area contributed by atoms with E-state index in [9.17, 15) is 0 Å². The van der Waals surface area contributed by atoms with Gasteiger partial charge in [-0.15, -0.1) is 0 Å². The first-order valence-corrected chi connectivity index (χ1v) is 4.27. The Hall–Kier alpha value is -0.571. The molecule has 0 aliphatic heterocycles. The Balaban J connectivity index is -0.0000000891. The molecule has 2 aromatic rings. The van der Waals surface area contributed by atoms with E-state index in [1.807, 2.05) is 12.1 Å². The number of hydrogen-bond acceptors (Lipinski definition) is 2. The summed E-state index contributed by atoms with van der Waals surface area (Å²) in [5.41, 5.74) is 0. The van der Waals surface area contributed by atoms with E-state index in [-0.39, 0.29) is 54.3 Å². The van der Waals surface area contributed by atoms with Gasteiger partial charge in [-0.05, 0) is 24.3 Å². The Morgan fingerprint density at radius 1 is 0.500 bits per heavy atom. The molecule has 0 bridgehead atoms. The Bertz CT molecular complexity index is 323. The molecule has 6 heteroatoms. The number of halogens is 3. The van der Waals surface area contributed by atoms with E-state index in [1.165, 1.54) is 0 Å². The molecule has 18 heavy (non-hydrogen) atoms. The molecule has 2 N–H and O–H groups in total. The van der Waals surface area contributed by atoms with Crippen molar-refractivity contribution in [2.24, 2.45) is 0 Å². The first-order valence-electron chi connectivity index (χ1n) is 4.27. The number of rotatable bonds is 0. The van der Waals surface area contributed by atoms with Crippen LogP contribution in [0, 0.1) is 0 Å². The molecule has 101 valence electrons. The predicted octanol–water partition coefficient (Wildman–Crippen LogP) is -6.21. The van der Waals surface area contributed by atoms with Crippen LogP contribution in [0.4, 0.5) is 0 Å². The molecule has 0 spiro atoms. The number of benzene rings is 2. The molecule has 0 fully saturated rings. The second-order valence-corrected chi connectivity index (χ2v) is 2.67. The van der Waals surface area contributed by atoms with E-state index in [4.69, 9.17) is 10.2 Å². The molecule has 0 saturated carbocycles. The molecule has 0 atom stereocenters. The molecule has 0 aliphatic carbocycles.